The maximum absolute atomic E-state index is 6.16. The molecule has 1 unspecified atom stereocenters. The van der Waals surface area contributed by atoms with Crippen LogP contribution in [-0.2, 0) is 4.74 Å². The Bertz CT molecular complexity index is 641. The third-order valence-corrected chi connectivity index (χ3v) is 4.34. The molecule has 1 atom stereocenters. The third-order valence-electron chi connectivity index (χ3n) is 3.68. The first-order chi connectivity index (χ1) is 10.7. The van der Waals surface area contributed by atoms with Gasteiger partial charge in [-0.2, -0.15) is 0 Å². The molecule has 2 nitrogen and oxygen atoms in total. The molecule has 0 radical (unpaired) electrons. The van der Waals surface area contributed by atoms with Crippen molar-refractivity contribution in [2.75, 3.05) is 19.7 Å². The van der Waals surface area contributed by atoms with Crippen LogP contribution in [0.1, 0.15) is 22.8 Å². The summed E-state index contributed by atoms with van der Waals surface area (Å²) in [6.45, 7) is 2.55. The molecule has 22 heavy (non-hydrogen) atoms. The SMILES string of the molecule is Clc1cccc(Cl)c1/C=C/c1ccc(C2CNCCO2)cc1. The Hall–Kier alpha value is -1.32. The van der Waals surface area contributed by atoms with E-state index in [0.29, 0.717) is 10.0 Å². The van der Waals surface area contributed by atoms with Gasteiger partial charge in [-0.05, 0) is 23.3 Å². The van der Waals surface area contributed by atoms with E-state index < -0.39 is 0 Å². The van der Waals surface area contributed by atoms with E-state index >= 15 is 0 Å². The zero-order valence-electron chi connectivity index (χ0n) is 12.1. The Morgan fingerprint density at radius 3 is 2.36 bits per heavy atom. The molecular weight excluding hydrogens is 317 g/mol. The van der Waals surface area contributed by atoms with Gasteiger partial charge in [-0.3, -0.25) is 0 Å². The number of nitrogens with one attached hydrogen (secondary N) is 1. The summed E-state index contributed by atoms with van der Waals surface area (Å²) >= 11 is 12.3. The first-order valence-corrected chi connectivity index (χ1v) is 8.04. The first-order valence-electron chi connectivity index (χ1n) is 7.28. The molecular formula is C18H17Cl2NO. The molecule has 1 heterocycles. The number of hydrogen-bond acceptors (Lipinski definition) is 2. The Kier molecular flexibility index (Phi) is 5.16. The van der Waals surface area contributed by atoms with Crippen LogP contribution >= 0.6 is 23.2 Å². The topological polar surface area (TPSA) is 21.3 Å². The van der Waals surface area contributed by atoms with Crippen LogP contribution in [0.15, 0.2) is 42.5 Å². The molecule has 1 saturated heterocycles. The fraction of sp³-hybridized carbons (Fsp3) is 0.222. The molecule has 0 bridgehead atoms. The van der Waals surface area contributed by atoms with Crippen molar-refractivity contribution in [2.24, 2.45) is 0 Å². The zero-order chi connectivity index (χ0) is 15.4. The molecule has 2 aromatic rings. The Balaban J connectivity index is 1.74. The second kappa shape index (κ2) is 7.30. The Morgan fingerprint density at radius 1 is 1.00 bits per heavy atom. The lowest BCUT2D eigenvalue weighted by molar-refractivity contribution is 0.0277. The number of halogens is 2. The van der Waals surface area contributed by atoms with Gasteiger partial charge in [-0.1, -0.05) is 65.7 Å². The van der Waals surface area contributed by atoms with Crippen LogP contribution in [0.25, 0.3) is 12.2 Å². The molecule has 3 rings (SSSR count). The molecule has 1 aliphatic heterocycles. The summed E-state index contributed by atoms with van der Waals surface area (Å²) in [5, 5.41) is 4.65. The van der Waals surface area contributed by atoms with Crippen LogP contribution in [0.3, 0.4) is 0 Å². The number of hydrogen-bond donors (Lipinski definition) is 1. The average Bonchev–Trinajstić information content (AvgIpc) is 2.56. The lowest BCUT2D eigenvalue weighted by Gasteiger charge is -2.23. The van der Waals surface area contributed by atoms with Gasteiger partial charge in [0.05, 0.1) is 12.7 Å². The zero-order valence-corrected chi connectivity index (χ0v) is 13.6. The van der Waals surface area contributed by atoms with Crippen molar-refractivity contribution in [2.45, 2.75) is 6.10 Å². The second-order valence-corrected chi connectivity index (χ2v) is 6.01. The van der Waals surface area contributed by atoms with Crippen LogP contribution in [-0.4, -0.2) is 19.7 Å². The third kappa shape index (κ3) is 3.71. The largest absolute Gasteiger partial charge is 0.371 e. The first kappa shape index (κ1) is 15.6. The van der Waals surface area contributed by atoms with Crippen molar-refractivity contribution in [1.29, 1.82) is 0 Å². The van der Waals surface area contributed by atoms with Gasteiger partial charge >= 0.3 is 0 Å². The lowest BCUT2D eigenvalue weighted by Crippen LogP contribution is -2.33. The molecule has 0 aliphatic carbocycles. The Labute approximate surface area is 140 Å². The fourth-order valence-corrected chi connectivity index (χ4v) is 2.97. The highest BCUT2D eigenvalue weighted by molar-refractivity contribution is 6.37. The summed E-state index contributed by atoms with van der Waals surface area (Å²) in [7, 11) is 0. The highest BCUT2D eigenvalue weighted by atomic mass is 35.5. The molecule has 0 aromatic heterocycles. The van der Waals surface area contributed by atoms with Crippen molar-refractivity contribution in [3.05, 3.63) is 69.2 Å². The van der Waals surface area contributed by atoms with Crippen molar-refractivity contribution >= 4 is 35.4 Å². The van der Waals surface area contributed by atoms with Crippen molar-refractivity contribution in [1.82, 2.24) is 5.32 Å². The molecule has 1 aliphatic rings. The van der Waals surface area contributed by atoms with Gasteiger partial charge in [0.2, 0.25) is 0 Å². The van der Waals surface area contributed by atoms with E-state index in [1.165, 1.54) is 5.56 Å². The fourth-order valence-electron chi connectivity index (χ4n) is 2.45. The lowest BCUT2D eigenvalue weighted by atomic mass is 10.1. The van der Waals surface area contributed by atoms with E-state index in [4.69, 9.17) is 27.9 Å². The summed E-state index contributed by atoms with van der Waals surface area (Å²) < 4.78 is 5.75. The van der Waals surface area contributed by atoms with E-state index in [0.717, 1.165) is 30.8 Å². The van der Waals surface area contributed by atoms with Gasteiger partial charge in [0.15, 0.2) is 0 Å². The van der Waals surface area contributed by atoms with Gasteiger partial charge < -0.3 is 10.1 Å². The van der Waals surface area contributed by atoms with E-state index in [9.17, 15) is 0 Å². The standard InChI is InChI=1S/C18H17Cl2NO/c19-16-2-1-3-17(20)15(16)9-6-13-4-7-14(8-5-13)18-12-21-10-11-22-18/h1-9,18,21H,10-12H2/b9-6+. The van der Waals surface area contributed by atoms with Gasteiger partial charge in [0.1, 0.15) is 0 Å². The van der Waals surface area contributed by atoms with E-state index in [-0.39, 0.29) is 6.10 Å². The molecule has 0 saturated carbocycles. The smallest absolute Gasteiger partial charge is 0.0949 e. The summed E-state index contributed by atoms with van der Waals surface area (Å²) in [6, 6.07) is 13.9. The summed E-state index contributed by atoms with van der Waals surface area (Å²) in [5.41, 5.74) is 3.14. The maximum atomic E-state index is 6.16. The maximum Gasteiger partial charge on any atom is 0.0949 e. The second-order valence-electron chi connectivity index (χ2n) is 5.20. The minimum absolute atomic E-state index is 0.143. The molecule has 4 heteroatoms. The van der Waals surface area contributed by atoms with Crippen molar-refractivity contribution < 1.29 is 4.74 Å². The van der Waals surface area contributed by atoms with Gasteiger partial charge in [0, 0.05) is 28.7 Å². The van der Waals surface area contributed by atoms with Crippen LogP contribution in [0.5, 0.6) is 0 Å². The van der Waals surface area contributed by atoms with Crippen LogP contribution in [0.2, 0.25) is 10.0 Å². The molecule has 1 N–H and O–H groups in total. The van der Waals surface area contributed by atoms with Gasteiger partial charge in [0.25, 0.3) is 0 Å². The van der Waals surface area contributed by atoms with Crippen molar-refractivity contribution in [3.63, 3.8) is 0 Å². The normalized spacial score (nSPS) is 18.7. The van der Waals surface area contributed by atoms with Crippen LogP contribution in [0.4, 0.5) is 0 Å². The Morgan fingerprint density at radius 2 is 1.73 bits per heavy atom. The minimum Gasteiger partial charge on any atom is -0.371 e. The summed E-state index contributed by atoms with van der Waals surface area (Å²) in [6.07, 6.45) is 4.10. The molecule has 2 aromatic carbocycles. The predicted octanol–water partition coefficient (Wildman–Crippen LogP) is 4.82. The number of morpholine rings is 1. The minimum atomic E-state index is 0.143. The number of ether oxygens (including phenoxy) is 1. The number of benzene rings is 2. The van der Waals surface area contributed by atoms with E-state index in [2.05, 4.69) is 29.6 Å². The summed E-state index contributed by atoms with van der Waals surface area (Å²) in [5.74, 6) is 0. The molecule has 0 amide bonds. The van der Waals surface area contributed by atoms with Gasteiger partial charge in [-0.25, -0.2) is 0 Å². The monoisotopic (exact) mass is 333 g/mol. The van der Waals surface area contributed by atoms with Gasteiger partial charge in [-0.15, -0.1) is 0 Å². The highest BCUT2D eigenvalue weighted by Crippen LogP contribution is 2.26. The van der Waals surface area contributed by atoms with E-state index in [1.807, 2.05) is 30.4 Å². The molecule has 114 valence electrons. The predicted molar refractivity (Wildman–Crippen MR) is 93.4 cm³/mol. The van der Waals surface area contributed by atoms with Crippen LogP contribution < -0.4 is 5.32 Å². The number of rotatable bonds is 3. The molecule has 1 fully saturated rings. The van der Waals surface area contributed by atoms with Crippen LogP contribution in [0, 0.1) is 0 Å². The summed E-state index contributed by atoms with van der Waals surface area (Å²) in [4.78, 5) is 0. The highest BCUT2D eigenvalue weighted by Gasteiger charge is 2.14. The average molecular weight is 334 g/mol. The van der Waals surface area contributed by atoms with Crippen molar-refractivity contribution in [3.8, 4) is 0 Å². The van der Waals surface area contributed by atoms with E-state index in [1.54, 1.807) is 0 Å². The molecule has 0 spiro atoms. The quantitative estimate of drug-likeness (QED) is 0.812.